The number of aromatic nitrogens is 2. The van der Waals surface area contributed by atoms with Crippen LogP contribution in [0.15, 0.2) is 73.1 Å². The molecule has 0 radical (unpaired) electrons. The number of hydrogen-bond donors (Lipinski definition) is 0. The summed E-state index contributed by atoms with van der Waals surface area (Å²) in [6.45, 7) is 1.84. The van der Waals surface area contributed by atoms with Gasteiger partial charge >= 0.3 is 130 Å². The maximum absolute atomic E-state index is 2.40. The summed E-state index contributed by atoms with van der Waals surface area (Å²) < 4.78 is 8.10. The molecule has 1 aliphatic carbocycles. The molecule has 29 heavy (non-hydrogen) atoms. The Morgan fingerprint density at radius 2 is 1.21 bits per heavy atom. The van der Waals surface area contributed by atoms with E-state index in [9.17, 15) is 0 Å². The summed E-state index contributed by atoms with van der Waals surface area (Å²) in [5, 5.41) is 0. The normalized spacial score (nSPS) is 14.5. The van der Waals surface area contributed by atoms with E-state index in [0.717, 1.165) is 19.1 Å². The molecule has 0 spiro atoms. The van der Waals surface area contributed by atoms with Crippen molar-refractivity contribution in [1.82, 2.24) is 10.5 Å². The van der Waals surface area contributed by atoms with Crippen molar-refractivity contribution in [3.8, 4) is 0 Å². The molecular formula is C23H27I2N3Pt. The molecule has 3 aromatic rings. The molecule has 0 saturated heterocycles. The minimum atomic E-state index is 0.861. The van der Waals surface area contributed by atoms with Crippen LogP contribution in [0, 0.1) is 3.80 Å². The van der Waals surface area contributed by atoms with Crippen LogP contribution >= 0.6 is 45.7 Å². The van der Waals surface area contributed by atoms with E-state index in [0.29, 0.717) is 0 Å². The first-order valence-electron chi connectivity index (χ1n) is 10.0. The summed E-state index contributed by atoms with van der Waals surface area (Å²) in [5.41, 5.74) is 2.65. The van der Waals surface area contributed by atoms with E-state index in [1.54, 1.807) is 0 Å². The Bertz CT molecular complexity index is 839. The molecule has 0 amide bonds. The fourth-order valence-corrected chi connectivity index (χ4v) is 5.31. The van der Waals surface area contributed by atoms with E-state index >= 15 is 0 Å². The molecule has 1 fully saturated rings. The number of hydrogen-bond acceptors (Lipinski definition) is 1. The van der Waals surface area contributed by atoms with E-state index < -0.39 is 0 Å². The Kier molecular flexibility index (Phi) is 10.2. The third-order valence-electron chi connectivity index (χ3n) is 5.11. The molecule has 3 nitrogen and oxygen atoms in total. The number of halogens is 2. The van der Waals surface area contributed by atoms with Crippen molar-refractivity contribution >= 4 is 45.7 Å². The molecule has 1 heterocycles. The van der Waals surface area contributed by atoms with Crippen molar-refractivity contribution in [3.05, 3.63) is 88.0 Å². The fourth-order valence-electron chi connectivity index (χ4n) is 3.50. The van der Waals surface area contributed by atoms with Crippen LogP contribution < -0.4 is 0 Å². The van der Waals surface area contributed by atoms with Crippen LogP contribution in [0.4, 0.5) is 0 Å². The van der Waals surface area contributed by atoms with Crippen LogP contribution in [0.1, 0.15) is 43.2 Å². The third-order valence-corrected chi connectivity index (χ3v) is 7.99. The Labute approximate surface area is 212 Å². The third kappa shape index (κ3) is 7.75. The van der Waals surface area contributed by atoms with Crippen molar-refractivity contribution in [2.24, 2.45) is 0 Å². The molecule has 0 aliphatic heterocycles. The summed E-state index contributed by atoms with van der Waals surface area (Å²) in [4.78, 5) is 0. The van der Waals surface area contributed by atoms with Crippen LogP contribution in [-0.4, -0.2) is 16.5 Å². The molecule has 4 rings (SSSR count). The molecule has 2 aromatic carbocycles. The molecule has 0 N–H and O–H groups in total. The van der Waals surface area contributed by atoms with Gasteiger partial charge in [-0.25, -0.2) is 0 Å². The average Bonchev–Trinajstić information content (AvgIpc) is 3.10. The van der Waals surface area contributed by atoms with E-state index in [2.05, 4.69) is 149 Å². The first-order chi connectivity index (χ1) is 14.1. The second-order valence-electron chi connectivity index (χ2n) is 7.32. The molecular weight excluding hydrogens is 767 g/mol. The average molecular weight is 794 g/mol. The van der Waals surface area contributed by atoms with Gasteiger partial charge in [-0.05, 0) is 12.8 Å². The molecule has 6 heteroatoms. The standard InChI is InChI=1S/C17H16N2.C6H11I2N.Pt/c1-3-7-16(8-4-1)13-18-11-12-19(15-18)14-17-9-5-2-6-10-17;7-9(8)6-4-2-1-3-5-6;/h1-12H,13-14H2;6H,1-5H2;. The fraction of sp³-hybridized carbons (Fsp3) is 0.348. The van der Waals surface area contributed by atoms with Crippen molar-refractivity contribution in [2.45, 2.75) is 51.2 Å². The predicted octanol–water partition coefficient (Wildman–Crippen LogP) is 6.79. The van der Waals surface area contributed by atoms with E-state index in [1.807, 2.05) is 0 Å². The van der Waals surface area contributed by atoms with Gasteiger partial charge in [0.05, 0.1) is 0 Å². The van der Waals surface area contributed by atoms with Crippen LogP contribution in [0.2, 0.25) is 0 Å². The van der Waals surface area contributed by atoms with E-state index in [4.69, 9.17) is 0 Å². The van der Waals surface area contributed by atoms with Crippen molar-refractivity contribution in [2.75, 3.05) is 0 Å². The second kappa shape index (κ2) is 12.6. The Balaban J connectivity index is 0.000000224. The van der Waals surface area contributed by atoms with Crippen LogP contribution in [0.25, 0.3) is 0 Å². The van der Waals surface area contributed by atoms with Crippen LogP contribution in [-0.2, 0) is 32.4 Å². The van der Waals surface area contributed by atoms with Gasteiger partial charge in [0, 0.05) is 51.8 Å². The molecule has 158 valence electrons. The number of imidazole rings is 1. The van der Waals surface area contributed by atoms with Crippen molar-refractivity contribution in [3.63, 3.8) is 0 Å². The molecule has 0 bridgehead atoms. The Hall–Kier alpha value is -0.242. The quantitative estimate of drug-likeness (QED) is 0.205. The zero-order valence-electron chi connectivity index (χ0n) is 16.4. The molecule has 1 aliphatic rings. The van der Waals surface area contributed by atoms with Gasteiger partial charge < -0.3 is 0 Å². The molecule has 1 saturated carbocycles. The van der Waals surface area contributed by atoms with Crippen molar-refractivity contribution < 1.29 is 19.4 Å². The Morgan fingerprint density at radius 3 is 1.59 bits per heavy atom. The van der Waals surface area contributed by atoms with Gasteiger partial charge in [0.25, 0.3) is 0 Å². The first kappa shape index (κ1) is 23.4. The molecule has 0 atom stereocenters. The van der Waals surface area contributed by atoms with Gasteiger partial charge in [0.15, 0.2) is 0 Å². The summed E-state index contributed by atoms with van der Waals surface area (Å²) >= 11 is 7.16. The van der Waals surface area contributed by atoms with Gasteiger partial charge in [-0.3, -0.25) is 0 Å². The van der Waals surface area contributed by atoms with E-state index in [1.165, 1.54) is 47.0 Å². The number of benzene rings is 2. The predicted molar refractivity (Wildman–Crippen MR) is 134 cm³/mol. The minimum absolute atomic E-state index is 0.861. The molecule has 1 aromatic heterocycles. The van der Waals surface area contributed by atoms with Crippen LogP contribution in [0.5, 0.6) is 0 Å². The summed E-state index contributed by atoms with van der Waals surface area (Å²) in [7, 11) is 0. The molecule has 0 unspecified atom stereocenters. The number of rotatable bonds is 5. The monoisotopic (exact) mass is 794 g/mol. The zero-order chi connectivity index (χ0) is 20.5. The van der Waals surface area contributed by atoms with Gasteiger partial charge in [-0.2, -0.15) is 1.33 Å². The number of nitrogens with zero attached hydrogens (tertiary/aromatic N) is 3. The van der Waals surface area contributed by atoms with Gasteiger partial charge in [-0.15, -0.1) is 0 Å². The topological polar surface area (TPSA) is 13.1 Å². The first-order valence-corrected chi connectivity index (χ1v) is 13.1. The maximum atomic E-state index is 2.40. The van der Waals surface area contributed by atoms with Crippen LogP contribution in [0.3, 0.4) is 0 Å². The SMILES string of the molecule is IN(I)C1CCCCC1.[Pt]=[c]1n(Cc2ccccc2)ccn1Cc1ccccc1. The zero-order valence-corrected chi connectivity index (χ0v) is 23.0. The van der Waals surface area contributed by atoms with Gasteiger partial charge in [0.1, 0.15) is 0 Å². The Morgan fingerprint density at radius 1 is 0.759 bits per heavy atom. The summed E-state index contributed by atoms with van der Waals surface area (Å²) in [6.07, 6.45) is 11.5. The van der Waals surface area contributed by atoms with Gasteiger partial charge in [-0.1, -0.05) is 19.3 Å². The summed E-state index contributed by atoms with van der Waals surface area (Å²) in [5.74, 6) is 0. The van der Waals surface area contributed by atoms with Crippen molar-refractivity contribution in [1.29, 1.82) is 0 Å². The van der Waals surface area contributed by atoms with Gasteiger partial charge in [0.2, 0.25) is 0 Å². The second-order valence-corrected chi connectivity index (χ2v) is 12.3. The van der Waals surface area contributed by atoms with E-state index in [-0.39, 0.29) is 0 Å². The summed E-state index contributed by atoms with van der Waals surface area (Å²) in [6, 6.07) is 22.0.